The Hall–Kier alpha value is -1.38. The smallest absolute Gasteiger partial charge is 0.412 e. The van der Waals surface area contributed by atoms with Crippen LogP contribution in [0.1, 0.15) is 11.1 Å². The monoisotopic (exact) mass is 528 g/mol. The molecule has 29 heavy (non-hydrogen) atoms. The van der Waals surface area contributed by atoms with Gasteiger partial charge >= 0.3 is 171 Å². The number of halogens is 1. The summed E-state index contributed by atoms with van der Waals surface area (Å²) in [6, 6.07) is 29.3. The van der Waals surface area contributed by atoms with Crippen LogP contribution in [0.5, 0.6) is 0 Å². The minimum Gasteiger partial charge on any atom is -1.00 e. The van der Waals surface area contributed by atoms with E-state index in [9.17, 15) is 0 Å². The van der Waals surface area contributed by atoms with E-state index in [-0.39, 0.29) is 17.9 Å². The second-order valence-electron chi connectivity index (χ2n) is 7.31. The van der Waals surface area contributed by atoms with Crippen molar-refractivity contribution in [2.24, 2.45) is 0 Å². The van der Waals surface area contributed by atoms with Gasteiger partial charge in [-0.15, -0.1) is 0 Å². The van der Waals surface area contributed by atoms with Crippen molar-refractivity contribution in [2.45, 2.75) is 13.1 Å². The van der Waals surface area contributed by atoms with Crippen molar-refractivity contribution in [1.29, 1.82) is 0 Å². The van der Waals surface area contributed by atoms with Crippen molar-refractivity contribution in [1.82, 2.24) is 9.80 Å². The molecule has 5 heteroatoms. The number of nitrogens with zero attached hydrogens (tertiary/aromatic N) is 2. The van der Waals surface area contributed by atoms with Gasteiger partial charge in [0.25, 0.3) is 0 Å². The molecule has 156 valence electrons. The van der Waals surface area contributed by atoms with Gasteiger partial charge in [-0.2, -0.15) is 0 Å². The first-order valence-electron chi connectivity index (χ1n) is 9.31. The Morgan fingerprint density at radius 2 is 0.966 bits per heavy atom. The average Bonchev–Trinajstić information content (AvgIpc) is 2.65. The number of hydrogen-bond donors (Lipinski definition) is 0. The zero-order valence-electron chi connectivity index (χ0n) is 17.6. The fourth-order valence-electron chi connectivity index (χ4n) is 3.28. The Morgan fingerprint density at radius 3 is 1.38 bits per heavy atom. The number of rotatable bonds is 7. The standard InChI is InChI=1S/C24H29N2Te.ClH.H2O/c1-25(2)18-20-12-8-10-16-23(20)27(22-14-6-5-7-15-22)24-17-11-9-13-21(24)19-26(3)4;;/h5-17H,18-19H2,1-4H3;1H;1H2/q+1;;/p-1. The Balaban J connectivity index is 0.00000210. The fraction of sp³-hybridized carbons (Fsp3) is 0.250. The van der Waals surface area contributed by atoms with Crippen molar-refractivity contribution >= 4 is 30.4 Å². The molecule has 0 aliphatic heterocycles. The summed E-state index contributed by atoms with van der Waals surface area (Å²) in [6.45, 7) is 1.96. The topological polar surface area (TPSA) is 38.0 Å². The van der Waals surface area contributed by atoms with E-state index in [1.165, 1.54) is 14.7 Å². The molecule has 0 amide bonds. The molecule has 0 unspecified atom stereocenters. The SMILES string of the molecule is CN(C)Cc1ccccc1[Te+](c1ccccc1)c1ccccc1CN(C)C.O.[Cl-]. The minimum absolute atomic E-state index is 0. The first-order chi connectivity index (χ1) is 13.1. The average molecular weight is 527 g/mol. The van der Waals surface area contributed by atoms with Crippen LogP contribution in [0, 0.1) is 0 Å². The normalized spacial score (nSPS) is 10.7. The Morgan fingerprint density at radius 1 is 0.586 bits per heavy atom. The molecule has 3 rings (SSSR count). The van der Waals surface area contributed by atoms with E-state index < -0.39 is 19.6 Å². The number of hydrogen-bond acceptors (Lipinski definition) is 2. The molecule has 3 aromatic carbocycles. The van der Waals surface area contributed by atoms with Crippen molar-refractivity contribution in [3.63, 3.8) is 0 Å². The predicted molar refractivity (Wildman–Crippen MR) is 122 cm³/mol. The first-order valence-corrected chi connectivity index (χ1v) is 12.8. The van der Waals surface area contributed by atoms with E-state index in [1.807, 2.05) is 0 Å². The summed E-state index contributed by atoms with van der Waals surface area (Å²) in [6.07, 6.45) is 0. The van der Waals surface area contributed by atoms with Crippen LogP contribution < -0.4 is 23.2 Å². The quantitative estimate of drug-likeness (QED) is 0.352. The van der Waals surface area contributed by atoms with E-state index in [1.54, 1.807) is 7.22 Å². The molecule has 0 bridgehead atoms. The molecule has 2 N–H and O–H groups in total. The molecular weight excluding hydrogens is 495 g/mol. The molecule has 0 spiro atoms. The molecule has 0 radical (unpaired) electrons. The molecule has 0 aliphatic carbocycles. The predicted octanol–water partition coefficient (Wildman–Crippen LogP) is -1.49. The van der Waals surface area contributed by atoms with Crippen LogP contribution in [-0.4, -0.2) is 63.0 Å². The van der Waals surface area contributed by atoms with Crippen LogP contribution in [0.2, 0.25) is 0 Å². The van der Waals surface area contributed by atoms with Gasteiger partial charge in [-0.3, -0.25) is 0 Å². The van der Waals surface area contributed by atoms with Gasteiger partial charge in [0.1, 0.15) is 0 Å². The third-order valence-corrected chi connectivity index (χ3v) is 11.2. The molecule has 3 aromatic rings. The van der Waals surface area contributed by atoms with Crippen LogP contribution in [0.4, 0.5) is 0 Å². The van der Waals surface area contributed by atoms with Crippen molar-refractivity contribution in [3.8, 4) is 0 Å². The van der Waals surface area contributed by atoms with Crippen LogP contribution in [0.25, 0.3) is 0 Å². The first kappa shape index (κ1) is 25.7. The van der Waals surface area contributed by atoms with Gasteiger partial charge in [0.2, 0.25) is 0 Å². The molecule has 3 nitrogen and oxygen atoms in total. The summed E-state index contributed by atoms with van der Waals surface area (Å²) < 4.78 is 4.64. The van der Waals surface area contributed by atoms with Gasteiger partial charge in [-0.1, -0.05) is 0 Å². The molecule has 0 aromatic heterocycles. The second-order valence-corrected chi connectivity index (χ2v) is 12.9. The molecule has 0 aliphatic rings. The maximum atomic E-state index is 2.37. The van der Waals surface area contributed by atoms with Gasteiger partial charge in [-0.25, -0.2) is 0 Å². The number of benzene rings is 3. The summed E-state index contributed by atoms with van der Waals surface area (Å²) in [5.74, 6) is 0. The minimum atomic E-state index is -1.96. The van der Waals surface area contributed by atoms with E-state index in [2.05, 4.69) is 117 Å². The van der Waals surface area contributed by atoms with Crippen molar-refractivity contribution in [3.05, 3.63) is 90.0 Å². The molecule has 0 heterocycles. The van der Waals surface area contributed by atoms with E-state index in [0.29, 0.717) is 0 Å². The zero-order valence-corrected chi connectivity index (χ0v) is 20.7. The zero-order chi connectivity index (χ0) is 19.2. The molecule has 0 saturated carbocycles. The van der Waals surface area contributed by atoms with E-state index >= 15 is 0 Å². The van der Waals surface area contributed by atoms with Gasteiger partial charge in [0, 0.05) is 0 Å². The molecule has 0 atom stereocenters. The van der Waals surface area contributed by atoms with E-state index in [0.717, 1.165) is 13.1 Å². The molecule has 0 fully saturated rings. The van der Waals surface area contributed by atoms with Crippen LogP contribution in [-0.2, 0) is 13.1 Å². The summed E-state index contributed by atoms with van der Waals surface area (Å²) in [5, 5.41) is 0. The molecular formula is C24H31ClN2OTe. The van der Waals surface area contributed by atoms with Gasteiger partial charge in [-0.05, 0) is 0 Å². The van der Waals surface area contributed by atoms with Crippen molar-refractivity contribution < 1.29 is 17.9 Å². The Labute approximate surface area is 188 Å². The maximum absolute atomic E-state index is 2.37. The van der Waals surface area contributed by atoms with E-state index in [4.69, 9.17) is 0 Å². The van der Waals surface area contributed by atoms with Crippen LogP contribution in [0.15, 0.2) is 78.9 Å². The molecule has 0 saturated heterocycles. The Kier molecular flexibility index (Phi) is 10.9. The summed E-state index contributed by atoms with van der Waals surface area (Å²) in [5.41, 5.74) is 2.92. The summed E-state index contributed by atoms with van der Waals surface area (Å²) >= 11 is -1.96. The second kappa shape index (κ2) is 12.3. The van der Waals surface area contributed by atoms with Crippen LogP contribution in [0.3, 0.4) is 0 Å². The maximum Gasteiger partial charge on any atom is -0.412 e. The third kappa shape index (κ3) is 6.83. The summed E-state index contributed by atoms with van der Waals surface area (Å²) in [7, 11) is 8.61. The van der Waals surface area contributed by atoms with Gasteiger partial charge in [0.05, 0.1) is 0 Å². The Bertz CT molecular complexity index is 818. The van der Waals surface area contributed by atoms with Crippen molar-refractivity contribution in [2.75, 3.05) is 28.2 Å². The summed E-state index contributed by atoms with van der Waals surface area (Å²) in [4.78, 5) is 4.54. The van der Waals surface area contributed by atoms with Crippen LogP contribution >= 0.6 is 0 Å². The van der Waals surface area contributed by atoms with Gasteiger partial charge < -0.3 is 17.9 Å². The van der Waals surface area contributed by atoms with Gasteiger partial charge in [0.15, 0.2) is 0 Å². The fourth-order valence-corrected chi connectivity index (χ4v) is 10.1. The largest absolute Gasteiger partial charge is 1.00 e. The third-order valence-electron chi connectivity index (χ3n) is 4.34.